The monoisotopic (exact) mass is 453 g/mol. The second kappa shape index (κ2) is 7.68. The molecule has 1 N–H and O–H groups in total. The number of ether oxygens (including phenoxy) is 2. The van der Waals surface area contributed by atoms with Gasteiger partial charge in [0, 0.05) is 24.8 Å². The molecule has 10 atom stereocenters. The van der Waals surface area contributed by atoms with E-state index in [0.29, 0.717) is 46.7 Å². The second-order valence-electron chi connectivity index (χ2n) is 12.9. The van der Waals surface area contributed by atoms with E-state index in [0.717, 1.165) is 29.2 Å². The standard InChI is InChI=1S/C29H43NO3/c1-18(17-33-26-13-19(16-31)9-12-30-26)22-5-6-23-21-14-25(32-4)29-15-20(29)7-11-28(29,3)24(21)8-10-27(22,23)2/h9,12-13,18,20-25,31H,5-8,10-11,14-17H2,1-4H3/t18?,20-,21+,22-,23+,24+,25?,27-,28-,29-/m1/s1. The lowest BCUT2D eigenvalue weighted by Crippen LogP contribution is -2.57. The Morgan fingerprint density at radius 2 is 2.00 bits per heavy atom. The largest absolute Gasteiger partial charge is 0.477 e. The Bertz CT molecular complexity index is 905. The molecular formula is C29H43NO3. The van der Waals surface area contributed by atoms with Gasteiger partial charge in [-0.25, -0.2) is 4.98 Å². The molecule has 33 heavy (non-hydrogen) atoms. The topological polar surface area (TPSA) is 51.6 Å². The maximum absolute atomic E-state index is 9.41. The smallest absolute Gasteiger partial charge is 0.213 e. The van der Waals surface area contributed by atoms with E-state index in [9.17, 15) is 5.11 Å². The van der Waals surface area contributed by atoms with Gasteiger partial charge in [0.25, 0.3) is 0 Å². The van der Waals surface area contributed by atoms with Crippen LogP contribution in [0.5, 0.6) is 5.88 Å². The Kier molecular flexibility index (Phi) is 5.20. The third-order valence-electron chi connectivity index (χ3n) is 12.1. The number of fused-ring (bicyclic) bond motifs is 4. The van der Waals surface area contributed by atoms with Gasteiger partial charge in [-0.15, -0.1) is 0 Å². The zero-order valence-corrected chi connectivity index (χ0v) is 21.1. The SMILES string of the molecule is COC1C[C@H]2[C@@H]3CC[C@H](C(C)COc4cc(CO)ccn4)[C@@]3(C)CC[C@@H]2[C@@]2(C)CC[C@@H]3C[C@]132. The predicted molar refractivity (Wildman–Crippen MR) is 129 cm³/mol. The molecule has 1 spiro atoms. The summed E-state index contributed by atoms with van der Waals surface area (Å²) in [6.45, 7) is 8.42. The molecule has 1 aromatic rings. The Labute approximate surface area is 199 Å². The van der Waals surface area contributed by atoms with E-state index in [-0.39, 0.29) is 6.61 Å². The van der Waals surface area contributed by atoms with Crippen molar-refractivity contribution in [3.05, 3.63) is 23.9 Å². The van der Waals surface area contributed by atoms with Crippen LogP contribution in [-0.4, -0.2) is 29.9 Å². The van der Waals surface area contributed by atoms with Gasteiger partial charge in [0.15, 0.2) is 0 Å². The van der Waals surface area contributed by atoms with Crippen LogP contribution in [0.1, 0.15) is 77.7 Å². The van der Waals surface area contributed by atoms with Crippen LogP contribution in [0.25, 0.3) is 0 Å². The van der Waals surface area contributed by atoms with Crippen LogP contribution in [0.3, 0.4) is 0 Å². The van der Waals surface area contributed by atoms with Gasteiger partial charge in [-0.1, -0.05) is 20.8 Å². The summed E-state index contributed by atoms with van der Waals surface area (Å²) in [5.74, 6) is 5.41. The first kappa shape index (κ1) is 22.3. The molecule has 5 saturated carbocycles. The van der Waals surface area contributed by atoms with Gasteiger partial charge in [-0.3, -0.25) is 0 Å². The van der Waals surface area contributed by atoms with Crippen LogP contribution in [0, 0.1) is 51.8 Å². The minimum Gasteiger partial charge on any atom is -0.477 e. The summed E-state index contributed by atoms with van der Waals surface area (Å²) < 4.78 is 12.4. The molecule has 1 heterocycles. The maximum atomic E-state index is 9.41. The predicted octanol–water partition coefficient (Wildman–Crippen LogP) is 5.87. The van der Waals surface area contributed by atoms with Gasteiger partial charge in [-0.05, 0) is 109 Å². The van der Waals surface area contributed by atoms with Crippen LogP contribution < -0.4 is 4.74 Å². The fourth-order valence-corrected chi connectivity index (χ4v) is 10.5. The first-order valence-corrected chi connectivity index (χ1v) is 13.6. The van der Waals surface area contributed by atoms with E-state index in [1.165, 1.54) is 51.4 Å². The van der Waals surface area contributed by atoms with Gasteiger partial charge < -0.3 is 14.6 Å². The Morgan fingerprint density at radius 3 is 2.76 bits per heavy atom. The van der Waals surface area contributed by atoms with Crippen LogP contribution >= 0.6 is 0 Å². The fourth-order valence-electron chi connectivity index (χ4n) is 10.5. The van der Waals surface area contributed by atoms with E-state index in [2.05, 4.69) is 25.8 Å². The summed E-state index contributed by atoms with van der Waals surface area (Å²) >= 11 is 0. The summed E-state index contributed by atoms with van der Waals surface area (Å²) in [4.78, 5) is 4.36. The van der Waals surface area contributed by atoms with Crippen molar-refractivity contribution in [3.63, 3.8) is 0 Å². The molecule has 0 aromatic carbocycles. The van der Waals surface area contributed by atoms with Crippen molar-refractivity contribution in [1.29, 1.82) is 0 Å². The number of nitrogens with zero attached hydrogens (tertiary/aromatic N) is 1. The van der Waals surface area contributed by atoms with Crippen molar-refractivity contribution in [1.82, 2.24) is 4.98 Å². The van der Waals surface area contributed by atoms with Gasteiger partial charge in [-0.2, -0.15) is 0 Å². The van der Waals surface area contributed by atoms with Gasteiger partial charge in [0.05, 0.1) is 19.3 Å². The van der Waals surface area contributed by atoms with Crippen LogP contribution in [0.15, 0.2) is 18.3 Å². The summed E-state index contributed by atoms with van der Waals surface area (Å²) in [5.41, 5.74) is 2.32. The van der Waals surface area contributed by atoms with Crippen LogP contribution in [0.2, 0.25) is 0 Å². The van der Waals surface area contributed by atoms with E-state index in [1.807, 2.05) is 19.2 Å². The van der Waals surface area contributed by atoms with E-state index in [1.54, 1.807) is 6.20 Å². The number of hydrogen-bond acceptors (Lipinski definition) is 4. The van der Waals surface area contributed by atoms with Gasteiger partial charge >= 0.3 is 0 Å². The van der Waals surface area contributed by atoms with Crippen LogP contribution in [-0.2, 0) is 11.3 Å². The summed E-state index contributed by atoms with van der Waals surface area (Å²) in [6.07, 6.45) is 13.4. The summed E-state index contributed by atoms with van der Waals surface area (Å²) in [5, 5.41) is 9.41. The number of aliphatic hydroxyl groups is 1. The molecule has 4 nitrogen and oxygen atoms in total. The fraction of sp³-hybridized carbons (Fsp3) is 0.828. The van der Waals surface area contributed by atoms with Crippen molar-refractivity contribution in [2.24, 2.45) is 51.8 Å². The Hall–Kier alpha value is -1.13. The molecule has 4 heteroatoms. The average molecular weight is 454 g/mol. The maximum Gasteiger partial charge on any atom is 0.213 e. The minimum atomic E-state index is 0.0305. The molecule has 0 radical (unpaired) electrons. The molecule has 6 rings (SSSR count). The highest BCUT2D eigenvalue weighted by atomic mass is 16.5. The lowest BCUT2D eigenvalue weighted by Gasteiger charge is -2.61. The van der Waals surface area contributed by atoms with E-state index in [4.69, 9.17) is 9.47 Å². The molecule has 1 aromatic heterocycles. The second-order valence-corrected chi connectivity index (χ2v) is 12.9. The highest BCUT2D eigenvalue weighted by molar-refractivity contribution is 5.26. The van der Waals surface area contributed by atoms with E-state index < -0.39 is 0 Å². The zero-order valence-electron chi connectivity index (χ0n) is 21.1. The highest BCUT2D eigenvalue weighted by Crippen LogP contribution is 2.82. The summed E-state index contributed by atoms with van der Waals surface area (Å²) in [6, 6.07) is 3.71. The lowest BCUT2D eigenvalue weighted by atomic mass is 9.45. The number of aliphatic hydroxyl groups excluding tert-OH is 1. The van der Waals surface area contributed by atoms with Crippen molar-refractivity contribution in [2.75, 3.05) is 13.7 Å². The molecule has 5 aliphatic rings. The molecule has 0 aliphatic heterocycles. The molecule has 182 valence electrons. The van der Waals surface area contributed by atoms with Gasteiger partial charge in [0.1, 0.15) is 0 Å². The molecular weight excluding hydrogens is 410 g/mol. The first-order chi connectivity index (χ1) is 15.9. The number of methoxy groups -OCH3 is 1. The number of aromatic nitrogens is 1. The Balaban J connectivity index is 1.19. The summed E-state index contributed by atoms with van der Waals surface area (Å²) in [7, 11) is 1.99. The third kappa shape index (κ3) is 2.98. The van der Waals surface area contributed by atoms with Crippen molar-refractivity contribution >= 4 is 0 Å². The van der Waals surface area contributed by atoms with E-state index >= 15 is 0 Å². The zero-order chi connectivity index (χ0) is 23.0. The van der Waals surface area contributed by atoms with Crippen molar-refractivity contribution in [2.45, 2.75) is 84.8 Å². The minimum absolute atomic E-state index is 0.0305. The lowest BCUT2D eigenvalue weighted by molar-refractivity contribution is -0.161. The first-order valence-electron chi connectivity index (χ1n) is 13.6. The average Bonchev–Trinajstić information content (AvgIpc) is 3.33. The van der Waals surface area contributed by atoms with Gasteiger partial charge in [0.2, 0.25) is 5.88 Å². The quantitative estimate of drug-likeness (QED) is 0.585. The van der Waals surface area contributed by atoms with Crippen molar-refractivity contribution < 1.29 is 14.6 Å². The Morgan fingerprint density at radius 1 is 1.15 bits per heavy atom. The molecule has 0 bridgehead atoms. The molecule has 2 unspecified atom stereocenters. The molecule has 5 fully saturated rings. The van der Waals surface area contributed by atoms with Crippen LogP contribution in [0.4, 0.5) is 0 Å². The molecule has 0 saturated heterocycles. The molecule has 0 amide bonds. The normalized spacial score (nSPS) is 48.4. The van der Waals surface area contributed by atoms with Crippen molar-refractivity contribution in [3.8, 4) is 5.88 Å². The number of hydrogen-bond donors (Lipinski definition) is 1. The third-order valence-corrected chi connectivity index (χ3v) is 12.1. The molecule has 5 aliphatic carbocycles. The number of rotatable bonds is 6. The number of pyridine rings is 1. The highest BCUT2D eigenvalue weighted by Gasteiger charge is 2.77.